The molecule has 3 rings (SSSR count). The summed E-state index contributed by atoms with van der Waals surface area (Å²) in [7, 11) is 0. The van der Waals surface area contributed by atoms with Crippen molar-refractivity contribution < 1.29 is 14.1 Å². The van der Waals surface area contributed by atoms with Gasteiger partial charge in [0.2, 0.25) is 23.5 Å². The molecule has 1 fully saturated rings. The Balaban J connectivity index is 1.48. The maximum absolute atomic E-state index is 12.4. The number of hydrogen-bond acceptors (Lipinski definition) is 5. The predicted molar refractivity (Wildman–Crippen MR) is 96.1 cm³/mol. The molecule has 138 valence electrons. The molecular weight excluding hydrogens is 332 g/mol. The summed E-state index contributed by atoms with van der Waals surface area (Å²) in [5, 5.41) is 3.97. The Bertz CT molecular complexity index is 749. The van der Waals surface area contributed by atoms with Crippen LogP contribution in [0, 0.1) is 5.92 Å². The highest BCUT2D eigenvalue weighted by atomic mass is 16.5. The predicted octanol–water partition coefficient (Wildman–Crippen LogP) is 2.00. The van der Waals surface area contributed by atoms with Crippen molar-refractivity contribution in [2.75, 3.05) is 26.2 Å². The lowest BCUT2D eigenvalue weighted by molar-refractivity contribution is -0.141. The molecule has 7 heteroatoms. The van der Waals surface area contributed by atoms with Gasteiger partial charge in [0.15, 0.2) is 0 Å². The van der Waals surface area contributed by atoms with E-state index < -0.39 is 0 Å². The van der Waals surface area contributed by atoms with E-state index in [0.29, 0.717) is 50.7 Å². The molecule has 1 saturated heterocycles. The summed E-state index contributed by atoms with van der Waals surface area (Å²) >= 11 is 0. The number of amides is 2. The maximum Gasteiger partial charge on any atom is 0.227 e. The van der Waals surface area contributed by atoms with Crippen molar-refractivity contribution in [3.8, 4) is 11.4 Å². The van der Waals surface area contributed by atoms with Gasteiger partial charge in [0.1, 0.15) is 0 Å². The molecule has 0 spiro atoms. The molecule has 7 nitrogen and oxygen atoms in total. The minimum Gasteiger partial charge on any atom is -0.339 e. The fourth-order valence-corrected chi connectivity index (χ4v) is 2.97. The number of aryl methyl sites for hydroxylation is 1. The minimum absolute atomic E-state index is 0.00594. The average Bonchev–Trinajstić information content (AvgIpc) is 3.15. The molecule has 2 heterocycles. The fourth-order valence-electron chi connectivity index (χ4n) is 2.97. The molecule has 0 atom stereocenters. The first-order valence-electron chi connectivity index (χ1n) is 8.99. The van der Waals surface area contributed by atoms with Gasteiger partial charge in [-0.2, -0.15) is 4.98 Å². The highest BCUT2D eigenvalue weighted by Gasteiger charge is 2.25. The van der Waals surface area contributed by atoms with Gasteiger partial charge in [-0.1, -0.05) is 49.3 Å². The molecule has 0 bridgehead atoms. The van der Waals surface area contributed by atoms with Crippen LogP contribution in [0.5, 0.6) is 0 Å². The Morgan fingerprint density at radius 3 is 2.38 bits per heavy atom. The summed E-state index contributed by atoms with van der Waals surface area (Å²) in [6.07, 6.45) is 0.748. The molecule has 1 aromatic heterocycles. The van der Waals surface area contributed by atoms with Gasteiger partial charge in [0, 0.05) is 50.5 Å². The van der Waals surface area contributed by atoms with E-state index in [-0.39, 0.29) is 17.7 Å². The summed E-state index contributed by atoms with van der Waals surface area (Å²) in [6.45, 7) is 6.15. The lowest BCUT2D eigenvalue weighted by atomic mass is 10.1. The molecule has 0 unspecified atom stereocenters. The number of rotatable bonds is 5. The number of carbonyl (C=O) groups excluding carboxylic acids is 2. The number of piperazine rings is 1. The lowest BCUT2D eigenvalue weighted by Crippen LogP contribution is -2.51. The van der Waals surface area contributed by atoms with Gasteiger partial charge in [0.05, 0.1) is 0 Å². The van der Waals surface area contributed by atoms with E-state index in [2.05, 4.69) is 10.1 Å². The number of carbonyl (C=O) groups is 2. The summed E-state index contributed by atoms with van der Waals surface area (Å²) in [4.78, 5) is 32.4. The van der Waals surface area contributed by atoms with Crippen molar-refractivity contribution in [2.45, 2.75) is 26.7 Å². The quantitative estimate of drug-likeness (QED) is 0.819. The second-order valence-corrected chi connectivity index (χ2v) is 6.74. The van der Waals surface area contributed by atoms with Gasteiger partial charge in [-0.15, -0.1) is 0 Å². The Hall–Kier alpha value is -2.70. The molecule has 2 amide bonds. The highest BCUT2D eigenvalue weighted by molar-refractivity contribution is 5.79. The standard InChI is InChI=1S/C19H24N4O3/c1-14(2)19(25)23-12-10-22(11-13-23)17(24)9-8-16-20-18(21-26-16)15-6-4-3-5-7-15/h3-7,14H,8-13H2,1-2H3. The van der Waals surface area contributed by atoms with Crippen LogP contribution >= 0.6 is 0 Å². The van der Waals surface area contributed by atoms with E-state index in [1.165, 1.54) is 0 Å². The van der Waals surface area contributed by atoms with Crippen LogP contribution in [0.25, 0.3) is 11.4 Å². The maximum atomic E-state index is 12.4. The van der Waals surface area contributed by atoms with E-state index in [1.807, 2.05) is 49.1 Å². The molecule has 0 N–H and O–H groups in total. The zero-order valence-electron chi connectivity index (χ0n) is 15.2. The molecule has 1 aliphatic rings. The van der Waals surface area contributed by atoms with Crippen molar-refractivity contribution in [2.24, 2.45) is 5.92 Å². The molecular formula is C19H24N4O3. The second-order valence-electron chi connectivity index (χ2n) is 6.74. The number of hydrogen-bond donors (Lipinski definition) is 0. The SMILES string of the molecule is CC(C)C(=O)N1CCN(C(=O)CCc2nc(-c3ccccc3)no2)CC1. The van der Waals surface area contributed by atoms with E-state index in [0.717, 1.165) is 5.56 Å². The van der Waals surface area contributed by atoms with Gasteiger partial charge in [-0.25, -0.2) is 0 Å². The Morgan fingerprint density at radius 2 is 1.73 bits per heavy atom. The summed E-state index contributed by atoms with van der Waals surface area (Å²) in [5.41, 5.74) is 0.889. The fraction of sp³-hybridized carbons (Fsp3) is 0.474. The molecule has 1 aromatic carbocycles. The third kappa shape index (κ3) is 4.28. The van der Waals surface area contributed by atoms with E-state index in [4.69, 9.17) is 4.52 Å². The molecule has 2 aromatic rings. The highest BCUT2D eigenvalue weighted by Crippen LogP contribution is 2.16. The topological polar surface area (TPSA) is 79.5 Å². The van der Waals surface area contributed by atoms with Gasteiger partial charge < -0.3 is 14.3 Å². The van der Waals surface area contributed by atoms with Gasteiger partial charge in [-0.05, 0) is 0 Å². The second kappa shape index (κ2) is 8.12. The Kier molecular flexibility index (Phi) is 5.65. The smallest absolute Gasteiger partial charge is 0.227 e. The molecule has 26 heavy (non-hydrogen) atoms. The van der Waals surface area contributed by atoms with Crippen LogP contribution in [0.2, 0.25) is 0 Å². The van der Waals surface area contributed by atoms with Crippen LogP contribution < -0.4 is 0 Å². The van der Waals surface area contributed by atoms with Crippen LogP contribution in [0.1, 0.15) is 26.2 Å². The first-order chi connectivity index (χ1) is 12.5. The normalized spacial score (nSPS) is 14.7. The van der Waals surface area contributed by atoms with Gasteiger partial charge >= 0.3 is 0 Å². The summed E-state index contributed by atoms with van der Waals surface area (Å²) in [5.74, 6) is 1.20. The summed E-state index contributed by atoms with van der Waals surface area (Å²) < 4.78 is 5.25. The van der Waals surface area contributed by atoms with E-state index in [1.54, 1.807) is 4.90 Å². The van der Waals surface area contributed by atoms with Crippen LogP contribution in [-0.4, -0.2) is 57.9 Å². The average molecular weight is 356 g/mol. The Labute approximate surface area is 153 Å². The summed E-state index contributed by atoms with van der Waals surface area (Å²) in [6, 6.07) is 9.59. The molecule has 0 radical (unpaired) electrons. The van der Waals surface area contributed by atoms with Crippen LogP contribution in [0.3, 0.4) is 0 Å². The largest absolute Gasteiger partial charge is 0.339 e. The van der Waals surface area contributed by atoms with E-state index >= 15 is 0 Å². The van der Waals surface area contributed by atoms with Crippen molar-refractivity contribution in [3.63, 3.8) is 0 Å². The van der Waals surface area contributed by atoms with Gasteiger partial charge in [0.25, 0.3) is 0 Å². The number of benzene rings is 1. The first kappa shape index (κ1) is 18.1. The van der Waals surface area contributed by atoms with Crippen LogP contribution in [0.15, 0.2) is 34.9 Å². The van der Waals surface area contributed by atoms with Crippen LogP contribution in [-0.2, 0) is 16.0 Å². The molecule has 0 saturated carbocycles. The van der Waals surface area contributed by atoms with E-state index in [9.17, 15) is 9.59 Å². The lowest BCUT2D eigenvalue weighted by Gasteiger charge is -2.35. The third-order valence-corrected chi connectivity index (χ3v) is 4.49. The van der Waals surface area contributed by atoms with Crippen molar-refractivity contribution in [1.29, 1.82) is 0 Å². The first-order valence-corrected chi connectivity index (χ1v) is 8.99. The number of aromatic nitrogens is 2. The van der Waals surface area contributed by atoms with Crippen molar-refractivity contribution >= 4 is 11.8 Å². The van der Waals surface area contributed by atoms with Crippen molar-refractivity contribution in [1.82, 2.24) is 19.9 Å². The minimum atomic E-state index is -0.00594. The van der Waals surface area contributed by atoms with Crippen LogP contribution in [0.4, 0.5) is 0 Å². The molecule has 1 aliphatic heterocycles. The molecule has 0 aliphatic carbocycles. The van der Waals surface area contributed by atoms with Crippen molar-refractivity contribution in [3.05, 3.63) is 36.2 Å². The monoisotopic (exact) mass is 356 g/mol. The number of nitrogens with zero attached hydrogens (tertiary/aromatic N) is 4. The third-order valence-electron chi connectivity index (χ3n) is 4.49. The Morgan fingerprint density at radius 1 is 1.08 bits per heavy atom. The zero-order valence-corrected chi connectivity index (χ0v) is 15.2. The zero-order chi connectivity index (χ0) is 18.5. The van der Waals surface area contributed by atoms with Gasteiger partial charge in [-0.3, -0.25) is 9.59 Å².